The van der Waals surface area contributed by atoms with E-state index in [9.17, 15) is 9.59 Å². The Morgan fingerprint density at radius 2 is 2.05 bits per heavy atom. The number of H-pyrrole nitrogens is 1. The predicted octanol–water partition coefficient (Wildman–Crippen LogP) is 2.68. The number of nitrogens with one attached hydrogen (secondary N) is 2. The van der Waals surface area contributed by atoms with Crippen molar-refractivity contribution in [2.24, 2.45) is 0 Å². The van der Waals surface area contributed by atoms with Crippen LogP contribution in [-0.4, -0.2) is 10.9 Å². The molecule has 0 fully saturated rings. The molecular weight excluding hydrogens is 320 g/mol. The van der Waals surface area contributed by atoms with Gasteiger partial charge in [-0.2, -0.15) is 0 Å². The topological polar surface area (TPSA) is 62.0 Å². The molecule has 0 saturated heterocycles. The summed E-state index contributed by atoms with van der Waals surface area (Å²) in [6.45, 7) is 4.14. The molecule has 2 rings (SSSR count). The van der Waals surface area contributed by atoms with Gasteiger partial charge in [0.15, 0.2) is 5.43 Å². The Hall–Kier alpha value is -1.88. The van der Waals surface area contributed by atoms with Crippen molar-refractivity contribution in [2.75, 3.05) is 0 Å². The fourth-order valence-electron chi connectivity index (χ4n) is 1.88. The molecule has 0 aliphatic heterocycles. The highest BCUT2D eigenvalue weighted by atomic mass is 79.9. The highest BCUT2D eigenvalue weighted by Crippen LogP contribution is 2.15. The number of aromatic nitrogens is 1. The van der Waals surface area contributed by atoms with Crippen LogP contribution in [0.2, 0.25) is 0 Å². The van der Waals surface area contributed by atoms with Crippen LogP contribution in [0.15, 0.2) is 39.7 Å². The molecule has 1 aromatic carbocycles. The van der Waals surface area contributed by atoms with Crippen LogP contribution in [0, 0.1) is 13.8 Å². The first kappa shape index (κ1) is 14.5. The van der Waals surface area contributed by atoms with Crippen LogP contribution in [0.4, 0.5) is 0 Å². The SMILES string of the molecule is Cc1cc(=O)c(C(=O)NCc2ccc(Br)cc2C)c[nH]1. The van der Waals surface area contributed by atoms with Crippen molar-refractivity contribution >= 4 is 21.8 Å². The first-order valence-corrected chi connectivity index (χ1v) is 6.99. The molecule has 5 heteroatoms. The minimum atomic E-state index is -0.367. The molecule has 0 aliphatic carbocycles. The van der Waals surface area contributed by atoms with E-state index in [4.69, 9.17) is 0 Å². The first-order valence-electron chi connectivity index (χ1n) is 6.20. The van der Waals surface area contributed by atoms with Crippen molar-refractivity contribution in [1.82, 2.24) is 10.3 Å². The molecule has 4 nitrogen and oxygen atoms in total. The zero-order chi connectivity index (χ0) is 14.7. The van der Waals surface area contributed by atoms with E-state index >= 15 is 0 Å². The number of rotatable bonds is 3. The number of hydrogen-bond donors (Lipinski definition) is 2. The van der Waals surface area contributed by atoms with Gasteiger partial charge in [0.1, 0.15) is 5.56 Å². The number of amides is 1. The second-order valence-electron chi connectivity index (χ2n) is 4.65. The summed E-state index contributed by atoms with van der Waals surface area (Å²) in [6.07, 6.45) is 1.45. The number of aromatic amines is 1. The Bertz CT molecular complexity index is 707. The Morgan fingerprint density at radius 3 is 2.70 bits per heavy atom. The Labute approximate surface area is 125 Å². The van der Waals surface area contributed by atoms with Gasteiger partial charge in [-0.3, -0.25) is 9.59 Å². The summed E-state index contributed by atoms with van der Waals surface area (Å²) >= 11 is 3.40. The molecular formula is C15H15BrN2O2. The summed E-state index contributed by atoms with van der Waals surface area (Å²) < 4.78 is 1.00. The van der Waals surface area contributed by atoms with Gasteiger partial charge in [-0.1, -0.05) is 22.0 Å². The molecule has 0 spiro atoms. The average molecular weight is 335 g/mol. The number of pyridine rings is 1. The van der Waals surface area contributed by atoms with Gasteiger partial charge in [0.05, 0.1) is 0 Å². The van der Waals surface area contributed by atoms with Gasteiger partial charge in [0, 0.05) is 29.0 Å². The quantitative estimate of drug-likeness (QED) is 0.906. The molecule has 1 aromatic heterocycles. The van der Waals surface area contributed by atoms with Gasteiger partial charge in [0.2, 0.25) is 0 Å². The largest absolute Gasteiger partial charge is 0.364 e. The molecule has 1 amide bonds. The molecule has 0 aliphatic rings. The van der Waals surface area contributed by atoms with Gasteiger partial charge >= 0.3 is 0 Å². The van der Waals surface area contributed by atoms with E-state index < -0.39 is 0 Å². The average Bonchev–Trinajstić information content (AvgIpc) is 2.37. The fraction of sp³-hybridized carbons (Fsp3) is 0.200. The second kappa shape index (κ2) is 6.05. The Kier molecular flexibility index (Phi) is 4.39. The van der Waals surface area contributed by atoms with Gasteiger partial charge < -0.3 is 10.3 Å². The maximum Gasteiger partial charge on any atom is 0.257 e. The number of carbonyl (C=O) groups excluding carboxylic acids is 1. The van der Waals surface area contributed by atoms with E-state index in [0.29, 0.717) is 6.54 Å². The van der Waals surface area contributed by atoms with Crippen molar-refractivity contribution in [3.05, 3.63) is 67.5 Å². The summed E-state index contributed by atoms with van der Waals surface area (Å²) in [6, 6.07) is 7.27. The van der Waals surface area contributed by atoms with Crippen LogP contribution in [0.5, 0.6) is 0 Å². The number of benzene rings is 1. The standard InChI is InChI=1S/C15H15BrN2O2/c1-9-5-12(16)4-3-11(9)7-18-15(20)13-8-17-10(2)6-14(13)19/h3-6,8H,7H2,1-2H3,(H,17,19)(H,18,20). The maximum atomic E-state index is 12.0. The number of carbonyl (C=O) groups is 1. The number of aryl methyl sites for hydroxylation is 2. The van der Waals surface area contributed by atoms with Gasteiger partial charge in [-0.25, -0.2) is 0 Å². The monoisotopic (exact) mass is 334 g/mol. The van der Waals surface area contributed by atoms with Crippen LogP contribution >= 0.6 is 15.9 Å². The van der Waals surface area contributed by atoms with Crippen molar-refractivity contribution in [3.8, 4) is 0 Å². The van der Waals surface area contributed by atoms with Crippen LogP contribution < -0.4 is 10.7 Å². The first-order chi connectivity index (χ1) is 9.47. The molecule has 0 bridgehead atoms. The molecule has 20 heavy (non-hydrogen) atoms. The van der Waals surface area contributed by atoms with Crippen molar-refractivity contribution in [1.29, 1.82) is 0 Å². The van der Waals surface area contributed by atoms with E-state index in [0.717, 1.165) is 21.3 Å². The molecule has 2 aromatic rings. The minimum absolute atomic E-state index is 0.130. The van der Waals surface area contributed by atoms with E-state index in [1.54, 1.807) is 6.92 Å². The lowest BCUT2D eigenvalue weighted by Gasteiger charge is -2.08. The third-order valence-electron chi connectivity index (χ3n) is 3.05. The Balaban J connectivity index is 2.10. The van der Waals surface area contributed by atoms with Crippen molar-refractivity contribution in [2.45, 2.75) is 20.4 Å². The van der Waals surface area contributed by atoms with Gasteiger partial charge in [0.25, 0.3) is 5.91 Å². The van der Waals surface area contributed by atoms with Gasteiger partial charge in [-0.05, 0) is 37.1 Å². The fourth-order valence-corrected chi connectivity index (χ4v) is 2.35. The number of hydrogen-bond acceptors (Lipinski definition) is 2. The molecule has 0 radical (unpaired) electrons. The van der Waals surface area contributed by atoms with Gasteiger partial charge in [-0.15, -0.1) is 0 Å². The summed E-state index contributed by atoms with van der Waals surface area (Å²) in [7, 11) is 0. The Morgan fingerprint density at radius 1 is 1.30 bits per heavy atom. The normalized spacial score (nSPS) is 10.3. The minimum Gasteiger partial charge on any atom is -0.364 e. The molecule has 2 N–H and O–H groups in total. The van der Waals surface area contributed by atoms with E-state index in [-0.39, 0.29) is 16.9 Å². The van der Waals surface area contributed by atoms with Crippen LogP contribution in [0.1, 0.15) is 27.2 Å². The molecule has 0 unspecified atom stereocenters. The zero-order valence-corrected chi connectivity index (χ0v) is 12.9. The van der Waals surface area contributed by atoms with Crippen LogP contribution in [0.3, 0.4) is 0 Å². The summed E-state index contributed by atoms with van der Waals surface area (Å²) in [5.41, 5.74) is 2.69. The smallest absolute Gasteiger partial charge is 0.257 e. The lowest BCUT2D eigenvalue weighted by molar-refractivity contribution is 0.0949. The van der Waals surface area contributed by atoms with Crippen molar-refractivity contribution in [3.63, 3.8) is 0 Å². The molecule has 0 atom stereocenters. The van der Waals surface area contributed by atoms with Crippen LogP contribution in [0.25, 0.3) is 0 Å². The highest BCUT2D eigenvalue weighted by Gasteiger charge is 2.10. The lowest BCUT2D eigenvalue weighted by Crippen LogP contribution is -2.28. The predicted molar refractivity (Wildman–Crippen MR) is 81.8 cm³/mol. The molecule has 1 heterocycles. The van der Waals surface area contributed by atoms with E-state index in [2.05, 4.69) is 26.2 Å². The number of halogens is 1. The highest BCUT2D eigenvalue weighted by molar-refractivity contribution is 9.10. The summed E-state index contributed by atoms with van der Waals surface area (Å²) in [5.74, 6) is -0.367. The van der Waals surface area contributed by atoms with Crippen LogP contribution in [-0.2, 0) is 6.54 Å². The van der Waals surface area contributed by atoms with E-state index in [1.807, 2.05) is 25.1 Å². The second-order valence-corrected chi connectivity index (χ2v) is 5.56. The zero-order valence-electron chi connectivity index (χ0n) is 11.3. The lowest BCUT2D eigenvalue weighted by atomic mass is 10.1. The summed E-state index contributed by atoms with van der Waals surface area (Å²) in [4.78, 5) is 26.6. The van der Waals surface area contributed by atoms with Crippen molar-refractivity contribution < 1.29 is 4.79 Å². The third-order valence-corrected chi connectivity index (χ3v) is 3.54. The molecule has 104 valence electrons. The van der Waals surface area contributed by atoms with E-state index in [1.165, 1.54) is 12.3 Å². The maximum absolute atomic E-state index is 12.0. The summed E-state index contributed by atoms with van der Waals surface area (Å²) in [5, 5.41) is 2.76. The third kappa shape index (κ3) is 3.36. The molecule has 0 saturated carbocycles.